The van der Waals surface area contributed by atoms with Crippen LogP contribution in [0.1, 0.15) is 18.1 Å². The fraction of sp³-hybridized carbons (Fsp3) is 0.250. The van der Waals surface area contributed by atoms with Gasteiger partial charge in [0.2, 0.25) is 0 Å². The minimum Gasteiger partial charge on any atom is -0.392 e. The van der Waals surface area contributed by atoms with E-state index in [1.807, 2.05) is 24.3 Å². The molecule has 0 bridgehead atoms. The van der Waals surface area contributed by atoms with E-state index in [4.69, 9.17) is 0 Å². The van der Waals surface area contributed by atoms with E-state index in [2.05, 4.69) is 11.8 Å². The zero-order valence-electron chi connectivity index (χ0n) is 11.9. The second-order valence-electron chi connectivity index (χ2n) is 4.77. The van der Waals surface area contributed by atoms with Crippen LogP contribution in [0, 0.1) is 10.1 Å². The molecule has 2 aromatic carbocycles. The zero-order chi connectivity index (χ0) is 15.2. The standard InChI is InChI=1S/C16H18N2O3/c1-2-17(16-5-3-4-14(10-16)12-19)11-13-6-8-15(9-7-13)18(20)21/h3-10,19H,2,11-12H2,1H3. The van der Waals surface area contributed by atoms with Gasteiger partial charge < -0.3 is 10.0 Å². The summed E-state index contributed by atoms with van der Waals surface area (Å²) in [6.07, 6.45) is 0. The molecule has 2 aromatic rings. The molecule has 0 amide bonds. The van der Waals surface area contributed by atoms with Crippen LogP contribution in [0.2, 0.25) is 0 Å². The van der Waals surface area contributed by atoms with E-state index in [9.17, 15) is 15.2 Å². The lowest BCUT2D eigenvalue weighted by Crippen LogP contribution is -2.22. The van der Waals surface area contributed by atoms with Crippen LogP contribution in [0.4, 0.5) is 11.4 Å². The minimum atomic E-state index is -0.397. The summed E-state index contributed by atoms with van der Waals surface area (Å²) >= 11 is 0. The number of nitro benzene ring substituents is 1. The molecule has 5 nitrogen and oxygen atoms in total. The second kappa shape index (κ2) is 6.85. The van der Waals surface area contributed by atoms with Gasteiger partial charge in [-0.15, -0.1) is 0 Å². The Morgan fingerprint density at radius 3 is 2.43 bits per heavy atom. The Labute approximate surface area is 123 Å². The van der Waals surface area contributed by atoms with Crippen molar-refractivity contribution in [3.8, 4) is 0 Å². The van der Waals surface area contributed by atoms with E-state index in [1.165, 1.54) is 12.1 Å². The Morgan fingerprint density at radius 1 is 1.14 bits per heavy atom. The molecule has 0 spiro atoms. The van der Waals surface area contributed by atoms with Crippen LogP contribution >= 0.6 is 0 Å². The number of nitro groups is 1. The summed E-state index contributed by atoms with van der Waals surface area (Å²) in [6, 6.07) is 14.3. The lowest BCUT2D eigenvalue weighted by Gasteiger charge is -2.23. The van der Waals surface area contributed by atoms with Crippen molar-refractivity contribution < 1.29 is 10.0 Å². The summed E-state index contributed by atoms with van der Waals surface area (Å²) in [7, 11) is 0. The molecule has 0 aliphatic rings. The first kappa shape index (κ1) is 15.0. The summed E-state index contributed by atoms with van der Waals surface area (Å²) in [5.41, 5.74) is 3.01. The first-order valence-corrected chi connectivity index (χ1v) is 6.82. The maximum Gasteiger partial charge on any atom is 0.269 e. The van der Waals surface area contributed by atoms with Crippen LogP contribution in [-0.4, -0.2) is 16.6 Å². The fourth-order valence-electron chi connectivity index (χ4n) is 2.18. The Balaban J connectivity index is 2.16. The highest BCUT2D eigenvalue weighted by Gasteiger charge is 2.08. The Bertz CT molecular complexity index is 611. The van der Waals surface area contributed by atoms with Gasteiger partial charge in [0, 0.05) is 30.9 Å². The molecule has 0 saturated heterocycles. The molecule has 5 heteroatoms. The van der Waals surface area contributed by atoms with Crippen molar-refractivity contribution in [1.82, 2.24) is 0 Å². The van der Waals surface area contributed by atoms with Crippen LogP contribution in [0.15, 0.2) is 48.5 Å². The molecule has 0 aliphatic heterocycles. The van der Waals surface area contributed by atoms with Gasteiger partial charge >= 0.3 is 0 Å². The summed E-state index contributed by atoms with van der Waals surface area (Å²) in [5.74, 6) is 0. The van der Waals surface area contributed by atoms with Crippen LogP contribution in [-0.2, 0) is 13.2 Å². The van der Waals surface area contributed by atoms with Gasteiger partial charge in [-0.1, -0.05) is 24.3 Å². The number of anilines is 1. The van der Waals surface area contributed by atoms with Crippen molar-refractivity contribution in [3.05, 3.63) is 69.8 Å². The average molecular weight is 286 g/mol. The number of hydrogen-bond acceptors (Lipinski definition) is 4. The molecule has 0 heterocycles. The van der Waals surface area contributed by atoms with E-state index in [-0.39, 0.29) is 12.3 Å². The molecule has 0 aromatic heterocycles. The maximum absolute atomic E-state index is 10.7. The Morgan fingerprint density at radius 2 is 1.86 bits per heavy atom. The van der Waals surface area contributed by atoms with E-state index < -0.39 is 4.92 Å². The van der Waals surface area contributed by atoms with Crippen molar-refractivity contribution in [2.45, 2.75) is 20.1 Å². The summed E-state index contributed by atoms with van der Waals surface area (Å²) < 4.78 is 0. The molecular weight excluding hydrogens is 268 g/mol. The van der Waals surface area contributed by atoms with Gasteiger partial charge in [-0.25, -0.2) is 0 Å². The smallest absolute Gasteiger partial charge is 0.269 e. The topological polar surface area (TPSA) is 66.6 Å². The van der Waals surface area contributed by atoms with E-state index in [0.29, 0.717) is 6.54 Å². The highest BCUT2D eigenvalue weighted by atomic mass is 16.6. The zero-order valence-corrected chi connectivity index (χ0v) is 11.9. The number of rotatable bonds is 6. The van der Waals surface area contributed by atoms with Gasteiger partial charge in [0.15, 0.2) is 0 Å². The third-order valence-corrected chi connectivity index (χ3v) is 3.36. The SMILES string of the molecule is CCN(Cc1ccc([N+](=O)[O-])cc1)c1cccc(CO)c1. The molecule has 110 valence electrons. The molecule has 0 radical (unpaired) electrons. The van der Waals surface area contributed by atoms with Crippen molar-refractivity contribution in [2.75, 3.05) is 11.4 Å². The first-order valence-electron chi connectivity index (χ1n) is 6.82. The number of hydrogen-bond donors (Lipinski definition) is 1. The third-order valence-electron chi connectivity index (χ3n) is 3.36. The predicted molar refractivity (Wildman–Crippen MR) is 82.2 cm³/mol. The highest BCUT2D eigenvalue weighted by Crippen LogP contribution is 2.20. The van der Waals surface area contributed by atoms with Gasteiger partial charge in [0.25, 0.3) is 5.69 Å². The van der Waals surface area contributed by atoms with Crippen LogP contribution < -0.4 is 4.90 Å². The number of benzene rings is 2. The van der Waals surface area contributed by atoms with Gasteiger partial charge in [0.05, 0.1) is 11.5 Å². The van der Waals surface area contributed by atoms with Gasteiger partial charge in [0.1, 0.15) is 0 Å². The van der Waals surface area contributed by atoms with Gasteiger partial charge in [-0.2, -0.15) is 0 Å². The number of aliphatic hydroxyl groups is 1. The van der Waals surface area contributed by atoms with E-state index in [1.54, 1.807) is 12.1 Å². The number of non-ortho nitro benzene ring substituents is 1. The average Bonchev–Trinajstić information content (AvgIpc) is 2.53. The Hall–Kier alpha value is -2.40. The molecule has 21 heavy (non-hydrogen) atoms. The number of nitrogens with zero attached hydrogens (tertiary/aromatic N) is 2. The first-order chi connectivity index (χ1) is 10.1. The monoisotopic (exact) mass is 286 g/mol. The summed E-state index contributed by atoms with van der Waals surface area (Å²) in [6.45, 7) is 3.55. The largest absolute Gasteiger partial charge is 0.392 e. The van der Waals surface area contributed by atoms with Gasteiger partial charge in [-0.3, -0.25) is 10.1 Å². The van der Waals surface area contributed by atoms with Gasteiger partial charge in [-0.05, 0) is 30.2 Å². The molecule has 0 saturated carbocycles. The second-order valence-corrected chi connectivity index (χ2v) is 4.77. The lowest BCUT2D eigenvalue weighted by atomic mass is 10.1. The quantitative estimate of drug-likeness (QED) is 0.654. The van der Waals surface area contributed by atoms with Crippen molar-refractivity contribution in [1.29, 1.82) is 0 Å². The van der Waals surface area contributed by atoms with E-state index >= 15 is 0 Å². The van der Waals surface area contributed by atoms with Crippen LogP contribution in [0.5, 0.6) is 0 Å². The highest BCUT2D eigenvalue weighted by molar-refractivity contribution is 5.49. The van der Waals surface area contributed by atoms with Crippen molar-refractivity contribution in [3.63, 3.8) is 0 Å². The molecule has 0 atom stereocenters. The fourth-order valence-corrected chi connectivity index (χ4v) is 2.18. The Kier molecular flexibility index (Phi) is 4.90. The minimum absolute atomic E-state index is 0.0168. The molecule has 1 N–H and O–H groups in total. The lowest BCUT2D eigenvalue weighted by molar-refractivity contribution is -0.384. The molecule has 0 fully saturated rings. The molecule has 0 aliphatic carbocycles. The third kappa shape index (κ3) is 3.79. The normalized spacial score (nSPS) is 10.4. The molecule has 2 rings (SSSR count). The van der Waals surface area contributed by atoms with Crippen molar-refractivity contribution in [2.24, 2.45) is 0 Å². The molecular formula is C16H18N2O3. The number of aliphatic hydroxyl groups excluding tert-OH is 1. The van der Waals surface area contributed by atoms with Crippen LogP contribution in [0.25, 0.3) is 0 Å². The molecule has 0 unspecified atom stereocenters. The van der Waals surface area contributed by atoms with Crippen molar-refractivity contribution >= 4 is 11.4 Å². The van der Waals surface area contributed by atoms with Crippen LogP contribution in [0.3, 0.4) is 0 Å². The maximum atomic E-state index is 10.7. The predicted octanol–water partition coefficient (Wildman–Crippen LogP) is 3.11. The summed E-state index contributed by atoms with van der Waals surface area (Å²) in [4.78, 5) is 12.4. The van der Waals surface area contributed by atoms with E-state index in [0.717, 1.165) is 23.4 Å². The summed E-state index contributed by atoms with van der Waals surface area (Å²) in [5, 5.41) is 19.9.